The van der Waals surface area contributed by atoms with E-state index in [0.29, 0.717) is 11.4 Å². The minimum Gasteiger partial charge on any atom is -0.378 e. The van der Waals surface area contributed by atoms with E-state index in [2.05, 4.69) is 12.7 Å². The average molecular weight is 307 g/mol. The molecule has 0 saturated carbocycles. The number of hydrogen-bond acceptors (Lipinski definition) is 1. The van der Waals surface area contributed by atoms with Crippen molar-refractivity contribution in [2.75, 3.05) is 7.05 Å². The number of allylic oxidation sites excluding steroid dienone is 3. The maximum Gasteiger partial charge on any atom is 0.0809 e. The van der Waals surface area contributed by atoms with Crippen molar-refractivity contribution in [1.82, 2.24) is 4.90 Å². The first-order valence-corrected chi connectivity index (χ1v) is 4.78. The largest absolute Gasteiger partial charge is 0.378 e. The van der Waals surface area contributed by atoms with Gasteiger partial charge in [0, 0.05) is 39.8 Å². The maximum absolute atomic E-state index is 13.6. The summed E-state index contributed by atoms with van der Waals surface area (Å²) in [4.78, 5) is 1.60. The molecule has 1 aromatic rings. The van der Waals surface area contributed by atoms with Crippen LogP contribution in [0.3, 0.4) is 0 Å². The number of benzene rings is 1. The number of halogens is 2. The summed E-state index contributed by atoms with van der Waals surface area (Å²) in [6.07, 6.45) is 6.14. The van der Waals surface area contributed by atoms with E-state index in [1.165, 1.54) is 18.2 Å². The van der Waals surface area contributed by atoms with Crippen LogP contribution < -0.4 is 0 Å². The number of hydrogen-bond donors (Lipinski definition) is 0. The van der Waals surface area contributed by atoms with E-state index in [9.17, 15) is 8.78 Å². The molecule has 0 saturated heterocycles. The number of rotatable bonds is 1. The van der Waals surface area contributed by atoms with Gasteiger partial charge in [-0.25, -0.2) is 8.78 Å². The standard InChI is InChI=1S/C13H10F2N.Y/c1-9-5-3-8-12(16(9)2)13-10(14)6-4-7-11(13)15;/h3-7H,1H2,2H3;/q-1;. The van der Waals surface area contributed by atoms with Crippen molar-refractivity contribution in [2.24, 2.45) is 0 Å². The molecule has 0 atom stereocenters. The molecule has 1 radical (unpaired) electrons. The Morgan fingerprint density at radius 3 is 2.41 bits per heavy atom. The quantitative estimate of drug-likeness (QED) is 0.721. The van der Waals surface area contributed by atoms with Gasteiger partial charge in [-0.1, -0.05) is 18.3 Å². The third-order valence-corrected chi connectivity index (χ3v) is 2.46. The molecule has 1 nitrogen and oxygen atoms in total. The zero-order valence-electron chi connectivity index (χ0n) is 9.37. The summed E-state index contributed by atoms with van der Waals surface area (Å²) in [5, 5.41) is 0. The summed E-state index contributed by atoms with van der Waals surface area (Å²) in [5.41, 5.74) is 0.940. The third-order valence-electron chi connectivity index (χ3n) is 2.46. The van der Waals surface area contributed by atoms with Crippen molar-refractivity contribution in [1.29, 1.82) is 0 Å². The summed E-state index contributed by atoms with van der Waals surface area (Å²) in [6, 6.07) is 3.78. The molecule has 4 heteroatoms. The summed E-state index contributed by atoms with van der Waals surface area (Å²) in [5.74, 6) is -1.20. The Morgan fingerprint density at radius 2 is 1.82 bits per heavy atom. The van der Waals surface area contributed by atoms with Gasteiger partial charge in [-0.3, -0.25) is 0 Å². The van der Waals surface area contributed by atoms with Gasteiger partial charge in [0.05, 0.1) is 11.6 Å². The van der Waals surface area contributed by atoms with Crippen molar-refractivity contribution < 1.29 is 41.5 Å². The van der Waals surface area contributed by atoms with E-state index >= 15 is 0 Å². The first-order chi connectivity index (χ1) is 7.61. The fourth-order valence-electron chi connectivity index (χ4n) is 1.53. The monoisotopic (exact) mass is 307 g/mol. The second-order valence-electron chi connectivity index (χ2n) is 3.47. The van der Waals surface area contributed by atoms with Gasteiger partial charge in [-0.2, -0.15) is 12.2 Å². The van der Waals surface area contributed by atoms with Crippen LogP contribution in [-0.2, 0) is 32.7 Å². The molecule has 1 aliphatic rings. The Morgan fingerprint density at radius 1 is 1.24 bits per heavy atom. The second kappa shape index (κ2) is 5.70. The summed E-state index contributed by atoms with van der Waals surface area (Å²) in [7, 11) is 1.69. The zero-order chi connectivity index (χ0) is 11.7. The average Bonchev–Trinajstić information content (AvgIpc) is 2.24. The van der Waals surface area contributed by atoms with Crippen LogP contribution in [0, 0.1) is 17.7 Å². The third kappa shape index (κ3) is 2.72. The Kier molecular flexibility index (Phi) is 4.78. The van der Waals surface area contributed by atoms with E-state index in [-0.39, 0.29) is 38.3 Å². The van der Waals surface area contributed by atoms with Crippen LogP contribution in [0.1, 0.15) is 5.56 Å². The molecule has 0 N–H and O–H groups in total. The van der Waals surface area contributed by atoms with Crippen LogP contribution in [0.4, 0.5) is 8.78 Å². The molecule has 1 heterocycles. The molecule has 0 aliphatic carbocycles. The molecule has 17 heavy (non-hydrogen) atoms. The van der Waals surface area contributed by atoms with E-state index in [0.717, 1.165) is 0 Å². The van der Waals surface area contributed by atoms with Gasteiger partial charge in [0.15, 0.2) is 0 Å². The van der Waals surface area contributed by atoms with E-state index < -0.39 is 11.6 Å². The predicted molar refractivity (Wildman–Crippen MR) is 59.1 cm³/mol. The van der Waals surface area contributed by atoms with Crippen LogP contribution >= 0.6 is 0 Å². The van der Waals surface area contributed by atoms with Gasteiger partial charge in [-0.05, 0) is 23.4 Å². The van der Waals surface area contributed by atoms with Gasteiger partial charge < -0.3 is 4.90 Å². The minimum atomic E-state index is -0.600. The van der Waals surface area contributed by atoms with Gasteiger partial charge >= 0.3 is 0 Å². The Bertz CT molecular complexity index is 486. The molecular weight excluding hydrogens is 297 g/mol. The summed E-state index contributed by atoms with van der Waals surface area (Å²) in [6.45, 7) is 3.76. The molecule has 0 amide bonds. The van der Waals surface area contributed by atoms with Gasteiger partial charge in [0.2, 0.25) is 0 Å². The Labute approximate surface area is 124 Å². The van der Waals surface area contributed by atoms with Crippen LogP contribution in [0.15, 0.2) is 42.6 Å². The fourth-order valence-corrected chi connectivity index (χ4v) is 1.53. The van der Waals surface area contributed by atoms with Crippen LogP contribution in [0.2, 0.25) is 0 Å². The second-order valence-corrected chi connectivity index (χ2v) is 3.47. The molecule has 0 bridgehead atoms. The van der Waals surface area contributed by atoms with Crippen LogP contribution in [-0.4, -0.2) is 11.9 Å². The maximum atomic E-state index is 13.6. The van der Waals surface area contributed by atoms with Crippen molar-refractivity contribution in [3.05, 3.63) is 65.9 Å². The summed E-state index contributed by atoms with van der Waals surface area (Å²) >= 11 is 0. The summed E-state index contributed by atoms with van der Waals surface area (Å²) < 4.78 is 27.1. The smallest absolute Gasteiger partial charge is 0.0809 e. The Hall–Kier alpha value is -0.796. The number of likely N-dealkylation sites (N-methyl/N-ethyl adjacent to an activating group) is 1. The zero-order valence-corrected chi connectivity index (χ0v) is 12.2. The molecule has 0 aromatic heterocycles. The molecule has 0 spiro atoms. The van der Waals surface area contributed by atoms with E-state index in [1.54, 1.807) is 24.1 Å². The topological polar surface area (TPSA) is 3.24 Å². The molecule has 1 aromatic carbocycles. The van der Waals surface area contributed by atoms with Crippen LogP contribution in [0.25, 0.3) is 5.70 Å². The first kappa shape index (κ1) is 14.3. The molecule has 1 aliphatic heterocycles. The van der Waals surface area contributed by atoms with E-state index in [1.807, 2.05) is 0 Å². The molecule has 0 fully saturated rings. The van der Waals surface area contributed by atoms with Gasteiger partial charge in [0.25, 0.3) is 0 Å². The van der Waals surface area contributed by atoms with Crippen molar-refractivity contribution in [3.63, 3.8) is 0 Å². The first-order valence-electron chi connectivity index (χ1n) is 4.78. The predicted octanol–water partition coefficient (Wildman–Crippen LogP) is 3.12. The molecule has 2 rings (SSSR count). The molecular formula is C13H10F2NY-. The SMILES string of the molecule is C=C1C=C[C-]=C(c2c(F)cccc2F)N1C.[Y]. The normalized spacial score (nSPS) is 14.4. The van der Waals surface area contributed by atoms with Crippen molar-refractivity contribution in [2.45, 2.75) is 0 Å². The van der Waals surface area contributed by atoms with Crippen molar-refractivity contribution >= 4 is 5.70 Å². The number of nitrogens with zero attached hydrogens (tertiary/aromatic N) is 1. The van der Waals surface area contributed by atoms with Gasteiger partial charge in [0.1, 0.15) is 0 Å². The fraction of sp³-hybridized carbons (Fsp3) is 0.0769. The van der Waals surface area contributed by atoms with Crippen LogP contribution in [0.5, 0.6) is 0 Å². The van der Waals surface area contributed by atoms with Gasteiger partial charge in [-0.15, -0.1) is 6.08 Å². The molecule has 0 unspecified atom stereocenters. The minimum absolute atomic E-state index is 0. The van der Waals surface area contributed by atoms with Crippen molar-refractivity contribution in [3.8, 4) is 0 Å². The molecule has 85 valence electrons. The van der Waals surface area contributed by atoms with E-state index in [4.69, 9.17) is 0 Å². The Balaban J connectivity index is 0.00000144.